The molecule has 0 atom stereocenters. The third kappa shape index (κ3) is 6.57. The normalized spacial score (nSPS) is 11.1. The zero-order valence-electron chi connectivity index (χ0n) is 15.1. The first-order chi connectivity index (χ1) is 11.8. The highest BCUT2D eigenvalue weighted by Crippen LogP contribution is 2.08. The maximum absolute atomic E-state index is 4.33. The van der Waals surface area contributed by atoms with E-state index in [1.807, 2.05) is 6.21 Å². The summed E-state index contributed by atoms with van der Waals surface area (Å²) in [6.45, 7) is 5.21. The van der Waals surface area contributed by atoms with Gasteiger partial charge in [-0.2, -0.15) is 5.10 Å². The first-order valence-corrected chi connectivity index (χ1v) is 9.24. The second kappa shape index (κ2) is 10.6. The van der Waals surface area contributed by atoms with Crippen molar-refractivity contribution in [1.82, 2.24) is 5.43 Å². The van der Waals surface area contributed by atoms with E-state index in [1.165, 1.54) is 48.8 Å². The zero-order chi connectivity index (χ0) is 17.0. The van der Waals surface area contributed by atoms with E-state index in [9.17, 15) is 0 Å². The van der Waals surface area contributed by atoms with E-state index < -0.39 is 0 Å². The maximum atomic E-state index is 4.33. The third-order valence-corrected chi connectivity index (χ3v) is 4.20. The van der Waals surface area contributed by atoms with Crippen molar-refractivity contribution in [3.05, 3.63) is 70.8 Å². The molecule has 2 nitrogen and oxygen atoms in total. The Bertz CT molecular complexity index is 597. The minimum Gasteiger partial charge on any atom is -0.306 e. The number of rotatable bonds is 10. The SMILES string of the molecule is CCCCCc1ccc(/C=N/NCc2ccc(CCC)cc2)cc1. The molecular weight excluding hydrogens is 292 g/mol. The zero-order valence-corrected chi connectivity index (χ0v) is 15.1. The minimum absolute atomic E-state index is 0.762. The molecule has 0 saturated carbocycles. The quantitative estimate of drug-likeness (QED) is 0.349. The molecule has 0 heterocycles. The van der Waals surface area contributed by atoms with Crippen molar-refractivity contribution in [2.75, 3.05) is 0 Å². The first-order valence-electron chi connectivity index (χ1n) is 9.24. The molecule has 0 aliphatic carbocycles. The number of benzene rings is 2. The smallest absolute Gasteiger partial charge is 0.0580 e. The Morgan fingerprint density at radius 3 is 2.04 bits per heavy atom. The van der Waals surface area contributed by atoms with Gasteiger partial charge in [-0.25, -0.2) is 0 Å². The molecule has 2 heteroatoms. The third-order valence-electron chi connectivity index (χ3n) is 4.20. The topological polar surface area (TPSA) is 24.4 Å². The van der Waals surface area contributed by atoms with E-state index in [1.54, 1.807) is 0 Å². The van der Waals surface area contributed by atoms with Gasteiger partial charge in [-0.15, -0.1) is 0 Å². The molecule has 0 unspecified atom stereocenters. The minimum atomic E-state index is 0.762. The second-order valence-corrected chi connectivity index (χ2v) is 6.36. The summed E-state index contributed by atoms with van der Waals surface area (Å²) in [7, 11) is 0. The first kappa shape index (κ1) is 18.3. The molecule has 0 saturated heterocycles. The van der Waals surface area contributed by atoms with Crippen LogP contribution in [0, 0.1) is 0 Å². The van der Waals surface area contributed by atoms with Gasteiger partial charge in [-0.1, -0.05) is 81.6 Å². The average molecular weight is 322 g/mol. The monoisotopic (exact) mass is 322 g/mol. The van der Waals surface area contributed by atoms with Gasteiger partial charge in [0.15, 0.2) is 0 Å². The molecule has 0 fully saturated rings. The van der Waals surface area contributed by atoms with Crippen LogP contribution in [0.1, 0.15) is 61.8 Å². The fourth-order valence-electron chi connectivity index (χ4n) is 2.72. The molecule has 2 aromatic rings. The van der Waals surface area contributed by atoms with Crippen molar-refractivity contribution in [3.8, 4) is 0 Å². The number of unbranched alkanes of at least 4 members (excludes halogenated alkanes) is 2. The van der Waals surface area contributed by atoms with Gasteiger partial charge in [0.1, 0.15) is 0 Å². The van der Waals surface area contributed by atoms with Crippen LogP contribution < -0.4 is 5.43 Å². The molecule has 0 radical (unpaired) electrons. The molecule has 2 aromatic carbocycles. The Morgan fingerprint density at radius 2 is 1.38 bits per heavy atom. The highest BCUT2D eigenvalue weighted by molar-refractivity contribution is 5.79. The number of hydrazone groups is 1. The Balaban J connectivity index is 1.75. The number of hydrogen-bond acceptors (Lipinski definition) is 2. The molecular formula is C22H30N2. The predicted octanol–water partition coefficient (Wildman–Crippen LogP) is 5.50. The number of nitrogens with zero attached hydrogens (tertiary/aromatic N) is 1. The molecule has 0 aliphatic rings. The van der Waals surface area contributed by atoms with Crippen molar-refractivity contribution in [2.45, 2.75) is 58.9 Å². The van der Waals surface area contributed by atoms with Crippen LogP contribution in [0.4, 0.5) is 0 Å². The lowest BCUT2D eigenvalue weighted by Crippen LogP contribution is -2.05. The van der Waals surface area contributed by atoms with Crippen molar-refractivity contribution in [3.63, 3.8) is 0 Å². The fourth-order valence-corrected chi connectivity index (χ4v) is 2.72. The Morgan fingerprint density at radius 1 is 0.750 bits per heavy atom. The predicted molar refractivity (Wildman–Crippen MR) is 105 cm³/mol. The molecule has 0 amide bonds. The van der Waals surface area contributed by atoms with Crippen LogP contribution in [-0.2, 0) is 19.4 Å². The average Bonchev–Trinajstić information content (AvgIpc) is 2.62. The van der Waals surface area contributed by atoms with E-state index in [0.717, 1.165) is 18.5 Å². The lowest BCUT2D eigenvalue weighted by atomic mass is 10.1. The highest BCUT2D eigenvalue weighted by atomic mass is 15.3. The van der Waals surface area contributed by atoms with Crippen LogP contribution in [0.5, 0.6) is 0 Å². The Labute approximate surface area is 147 Å². The van der Waals surface area contributed by atoms with Gasteiger partial charge < -0.3 is 5.43 Å². The Kier molecular flexibility index (Phi) is 8.09. The molecule has 0 bridgehead atoms. The summed E-state index contributed by atoms with van der Waals surface area (Å²) in [4.78, 5) is 0. The number of nitrogens with one attached hydrogen (secondary N) is 1. The highest BCUT2D eigenvalue weighted by Gasteiger charge is 1.95. The van der Waals surface area contributed by atoms with Crippen molar-refractivity contribution in [1.29, 1.82) is 0 Å². The summed E-state index contributed by atoms with van der Waals surface area (Å²) in [5.41, 5.74) is 8.35. The molecule has 24 heavy (non-hydrogen) atoms. The van der Waals surface area contributed by atoms with E-state index in [4.69, 9.17) is 0 Å². The fraction of sp³-hybridized carbons (Fsp3) is 0.409. The van der Waals surface area contributed by atoms with Gasteiger partial charge >= 0.3 is 0 Å². The van der Waals surface area contributed by atoms with E-state index in [0.29, 0.717) is 0 Å². The van der Waals surface area contributed by atoms with Crippen LogP contribution >= 0.6 is 0 Å². The number of aryl methyl sites for hydroxylation is 2. The summed E-state index contributed by atoms with van der Waals surface area (Å²) in [6.07, 6.45) is 9.28. The van der Waals surface area contributed by atoms with Gasteiger partial charge in [0, 0.05) is 0 Å². The summed E-state index contributed by atoms with van der Waals surface area (Å²) in [5.74, 6) is 0. The lowest BCUT2D eigenvalue weighted by molar-refractivity contribution is 0.717. The van der Waals surface area contributed by atoms with Gasteiger partial charge in [0.05, 0.1) is 12.8 Å². The Hall–Kier alpha value is -2.09. The summed E-state index contributed by atoms with van der Waals surface area (Å²) >= 11 is 0. The molecule has 128 valence electrons. The van der Waals surface area contributed by atoms with Crippen LogP contribution in [0.25, 0.3) is 0 Å². The summed E-state index contributed by atoms with van der Waals surface area (Å²) < 4.78 is 0. The lowest BCUT2D eigenvalue weighted by Gasteiger charge is -2.04. The maximum Gasteiger partial charge on any atom is 0.0580 e. The van der Waals surface area contributed by atoms with Gasteiger partial charge in [-0.3, -0.25) is 0 Å². The molecule has 1 N–H and O–H groups in total. The molecule has 2 rings (SSSR count). The molecule has 0 aliphatic heterocycles. The van der Waals surface area contributed by atoms with E-state index in [-0.39, 0.29) is 0 Å². The van der Waals surface area contributed by atoms with Crippen LogP contribution in [-0.4, -0.2) is 6.21 Å². The van der Waals surface area contributed by atoms with E-state index in [2.05, 4.69) is 72.9 Å². The molecule has 0 spiro atoms. The van der Waals surface area contributed by atoms with Gasteiger partial charge in [0.2, 0.25) is 0 Å². The van der Waals surface area contributed by atoms with E-state index >= 15 is 0 Å². The van der Waals surface area contributed by atoms with Crippen LogP contribution in [0.15, 0.2) is 53.6 Å². The summed E-state index contributed by atoms with van der Waals surface area (Å²) in [5, 5.41) is 4.33. The van der Waals surface area contributed by atoms with Crippen molar-refractivity contribution >= 4 is 6.21 Å². The van der Waals surface area contributed by atoms with Crippen LogP contribution in [0.3, 0.4) is 0 Å². The van der Waals surface area contributed by atoms with Crippen molar-refractivity contribution < 1.29 is 0 Å². The summed E-state index contributed by atoms with van der Waals surface area (Å²) in [6, 6.07) is 17.5. The van der Waals surface area contributed by atoms with Gasteiger partial charge in [-0.05, 0) is 41.5 Å². The second-order valence-electron chi connectivity index (χ2n) is 6.36. The van der Waals surface area contributed by atoms with Gasteiger partial charge in [0.25, 0.3) is 0 Å². The largest absolute Gasteiger partial charge is 0.306 e. The molecule has 0 aromatic heterocycles. The number of hydrogen-bond donors (Lipinski definition) is 1. The van der Waals surface area contributed by atoms with Crippen molar-refractivity contribution in [2.24, 2.45) is 5.10 Å². The van der Waals surface area contributed by atoms with Crippen LogP contribution in [0.2, 0.25) is 0 Å². The standard InChI is InChI=1S/C22H30N2/c1-3-5-6-8-20-11-15-22(16-12-20)18-24-23-17-21-13-9-19(7-4-2)10-14-21/h9-16,18,23H,3-8,17H2,1-2H3/b24-18+.